The quantitative estimate of drug-likeness (QED) is 0.668. The lowest BCUT2D eigenvalue weighted by Crippen LogP contribution is -2.43. The number of para-hydroxylation sites is 1. The second-order valence-electron chi connectivity index (χ2n) is 5.76. The van der Waals surface area contributed by atoms with Crippen molar-refractivity contribution in [2.45, 2.75) is 20.3 Å². The first-order chi connectivity index (χ1) is 11.4. The van der Waals surface area contributed by atoms with Crippen LogP contribution >= 0.6 is 0 Å². The van der Waals surface area contributed by atoms with Gasteiger partial charge in [-0.25, -0.2) is 0 Å². The first kappa shape index (κ1) is 19.5. The molecule has 2 N–H and O–H groups in total. The molecule has 0 heterocycles. The molecule has 2 amide bonds. The van der Waals surface area contributed by atoms with Crippen molar-refractivity contribution in [3.8, 4) is 5.75 Å². The Morgan fingerprint density at radius 3 is 2.46 bits per heavy atom. The number of benzene rings is 1. The number of rotatable bonds is 10. The average Bonchev–Trinajstić information content (AvgIpc) is 2.55. The summed E-state index contributed by atoms with van der Waals surface area (Å²) in [7, 11) is 0. The molecule has 0 saturated carbocycles. The number of amides is 2. The van der Waals surface area contributed by atoms with Crippen molar-refractivity contribution in [3.63, 3.8) is 0 Å². The monoisotopic (exact) mass is 336 g/mol. The van der Waals surface area contributed by atoms with Gasteiger partial charge >= 0.3 is 5.97 Å². The van der Waals surface area contributed by atoms with Crippen molar-refractivity contribution in [1.29, 1.82) is 0 Å². The second kappa shape index (κ2) is 10.3. The minimum atomic E-state index is -0.961. The van der Waals surface area contributed by atoms with Crippen LogP contribution in [0.5, 0.6) is 5.75 Å². The van der Waals surface area contributed by atoms with E-state index in [1.54, 1.807) is 24.3 Å². The number of aliphatic carboxylic acids is 1. The average molecular weight is 336 g/mol. The van der Waals surface area contributed by atoms with Crippen LogP contribution in [0.3, 0.4) is 0 Å². The summed E-state index contributed by atoms with van der Waals surface area (Å²) in [6.45, 7) is 4.09. The Morgan fingerprint density at radius 2 is 1.88 bits per heavy atom. The van der Waals surface area contributed by atoms with Gasteiger partial charge in [0.1, 0.15) is 5.75 Å². The van der Waals surface area contributed by atoms with E-state index >= 15 is 0 Å². The largest absolute Gasteiger partial charge is 0.484 e. The first-order valence-electron chi connectivity index (χ1n) is 7.82. The number of carbonyl (C=O) groups excluding carboxylic acids is 2. The summed E-state index contributed by atoms with van der Waals surface area (Å²) >= 11 is 0. The van der Waals surface area contributed by atoms with E-state index in [-0.39, 0.29) is 37.9 Å². The van der Waals surface area contributed by atoms with Gasteiger partial charge < -0.3 is 20.1 Å². The Kier molecular flexibility index (Phi) is 8.32. The summed E-state index contributed by atoms with van der Waals surface area (Å²) < 4.78 is 5.29. The fraction of sp³-hybridized carbons (Fsp3) is 0.471. The fourth-order valence-corrected chi connectivity index (χ4v) is 1.99. The zero-order chi connectivity index (χ0) is 17.9. The van der Waals surface area contributed by atoms with Crippen LogP contribution in [0.2, 0.25) is 0 Å². The normalized spacial score (nSPS) is 10.3. The first-order valence-corrected chi connectivity index (χ1v) is 7.82. The lowest BCUT2D eigenvalue weighted by molar-refractivity contribution is -0.139. The molecule has 132 valence electrons. The standard InChI is InChI=1S/C17H24N2O5/c1-13(2)11-19(9-8-17(22)23)16(21)10-18-15(20)12-24-14-6-4-3-5-7-14/h3-7,13H,8-12H2,1-2H3,(H,18,20)(H,22,23). The Hall–Kier alpha value is -2.57. The molecule has 0 aliphatic rings. The molecule has 1 aromatic carbocycles. The lowest BCUT2D eigenvalue weighted by atomic mass is 10.2. The maximum absolute atomic E-state index is 12.1. The van der Waals surface area contributed by atoms with Crippen LogP contribution in [0.25, 0.3) is 0 Å². The topological polar surface area (TPSA) is 95.9 Å². The van der Waals surface area contributed by atoms with Crippen LogP contribution in [0, 0.1) is 5.92 Å². The van der Waals surface area contributed by atoms with Crippen LogP contribution < -0.4 is 10.1 Å². The van der Waals surface area contributed by atoms with Gasteiger partial charge in [-0.3, -0.25) is 14.4 Å². The van der Waals surface area contributed by atoms with E-state index in [0.717, 1.165) is 0 Å². The Labute approximate surface area is 141 Å². The van der Waals surface area contributed by atoms with Gasteiger partial charge in [-0.05, 0) is 18.1 Å². The molecule has 0 unspecified atom stereocenters. The van der Waals surface area contributed by atoms with Crippen molar-refractivity contribution in [1.82, 2.24) is 10.2 Å². The van der Waals surface area contributed by atoms with Crippen LogP contribution in [-0.4, -0.2) is 54.0 Å². The number of hydrogen-bond donors (Lipinski definition) is 2. The molecule has 1 aromatic rings. The van der Waals surface area contributed by atoms with E-state index in [1.165, 1.54) is 4.90 Å². The summed E-state index contributed by atoms with van der Waals surface area (Å²) in [5, 5.41) is 11.2. The molecular formula is C17H24N2O5. The highest BCUT2D eigenvalue weighted by molar-refractivity contribution is 5.85. The number of ether oxygens (including phenoxy) is 1. The molecular weight excluding hydrogens is 312 g/mol. The number of carboxylic acid groups (broad SMARTS) is 1. The molecule has 0 aliphatic carbocycles. The number of nitrogens with one attached hydrogen (secondary N) is 1. The van der Waals surface area contributed by atoms with E-state index < -0.39 is 11.9 Å². The highest BCUT2D eigenvalue weighted by Gasteiger charge is 2.17. The molecule has 0 saturated heterocycles. The maximum atomic E-state index is 12.1. The SMILES string of the molecule is CC(C)CN(CCC(=O)O)C(=O)CNC(=O)COc1ccccc1. The molecule has 0 aliphatic heterocycles. The van der Waals surface area contributed by atoms with Crippen molar-refractivity contribution in [3.05, 3.63) is 30.3 Å². The zero-order valence-corrected chi connectivity index (χ0v) is 14.0. The number of nitrogens with zero attached hydrogens (tertiary/aromatic N) is 1. The van der Waals surface area contributed by atoms with Crippen molar-refractivity contribution in [2.75, 3.05) is 26.2 Å². The molecule has 0 atom stereocenters. The third-order valence-corrected chi connectivity index (χ3v) is 3.08. The minimum Gasteiger partial charge on any atom is -0.484 e. The lowest BCUT2D eigenvalue weighted by Gasteiger charge is -2.24. The van der Waals surface area contributed by atoms with Gasteiger partial charge in [0, 0.05) is 13.1 Å². The van der Waals surface area contributed by atoms with Crippen molar-refractivity contribution in [2.24, 2.45) is 5.92 Å². The molecule has 0 spiro atoms. The molecule has 0 aromatic heterocycles. The van der Waals surface area contributed by atoms with Gasteiger partial charge in [-0.1, -0.05) is 32.0 Å². The number of carboxylic acids is 1. The predicted octanol–water partition coefficient (Wildman–Crippen LogP) is 1.14. The summed E-state index contributed by atoms with van der Waals surface area (Å²) in [6, 6.07) is 8.89. The molecule has 0 fully saturated rings. The third kappa shape index (κ3) is 8.17. The molecule has 0 radical (unpaired) electrons. The Bertz CT molecular complexity index is 545. The second-order valence-corrected chi connectivity index (χ2v) is 5.76. The predicted molar refractivity (Wildman–Crippen MR) is 88.6 cm³/mol. The van der Waals surface area contributed by atoms with Gasteiger partial charge in [0.25, 0.3) is 5.91 Å². The van der Waals surface area contributed by atoms with Crippen molar-refractivity contribution >= 4 is 17.8 Å². The van der Waals surface area contributed by atoms with Gasteiger partial charge in [0.2, 0.25) is 5.91 Å². The summed E-state index contributed by atoms with van der Waals surface area (Å²) in [4.78, 5) is 36.0. The summed E-state index contributed by atoms with van der Waals surface area (Å²) in [5.74, 6) is -0.897. The summed E-state index contributed by atoms with van der Waals surface area (Å²) in [5.41, 5.74) is 0. The molecule has 7 heteroatoms. The van der Waals surface area contributed by atoms with Crippen LogP contribution in [0.1, 0.15) is 20.3 Å². The van der Waals surface area contributed by atoms with Gasteiger partial charge in [0.15, 0.2) is 6.61 Å². The van der Waals surface area contributed by atoms with E-state index in [2.05, 4.69) is 5.32 Å². The van der Waals surface area contributed by atoms with E-state index in [1.807, 2.05) is 19.9 Å². The van der Waals surface area contributed by atoms with E-state index in [9.17, 15) is 14.4 Å². The maximum Gasteiger partial charge on any atom is 0.305 e. The van der Waals surface area contributed by atoms with Gasteiger partial charge in [-0.15, -0.1) is 0 Å². The van der Waals surface area contributed by atoms with E-state index in [0.29, 0.717) is 12.3 Å². The molecule has 1 rings (SSSR count). The van der Waals surface area contributed by atoms with Crippen LogP contribution in [-0.2, 0) is 14.4 Å². The highest BCUT2D eigenvalue weighted by Crippen LogP contribution is 2.07. The number of carbonyl (C=O) groups is 3. The molecule has 7 nitrogen and oxygen atoms in total. The number of hydrogen-bond acceptors (Lipinski definition) is 4. The van der Waals surface area contributed by atoms with Crippen LogP contribution in [0.15, 0.2) is 30.3 Å². The summed E-state index contributed by atoms with van der Waals surface area (Å²) in [6.07, 6.45) is -0.122. The molecule has 0 bridgehead atoms. The van der Waals surface area contributed by atoms with Crippen LogP contribution in [0.4, 0.5) is 0 Å². The Balaban J connectivity index is 2.39. The Morgan fingerprint density at radius 1 is 1.21 bits per heavy atom. The minimum absolute atomic E-state index is 0.122. The van der Waals surface area contributed by atoms with Gasteiger partial charge in [-0.2, -0.15) is 0 Å². The molecule has 24 heavy (non-hydrogen) atoms. The van der Waals surface area contributed by atoms with E-state index in [4.69, 9.17) is 9.84 Å². The third-order valence-electron chi connectivity index (χ3n) is 3.08. The smallest absolute Gasteiger partial charge is 0.305 e. The zero-order valence-electron chi connectivity index (χ0n) is 14.0. The van der Waals surface area contributed by atoms with Gasteiger partial charge in [0.05, 0.1) is 13.0 Å². The fourth-order valence-electron chi connectivity index (χ4n) is 1.99. The highest BCUT2D eigenvalue weighted by atomic mass is 16.5. The van der Waals surface area contributed by atoms with Crippen molar-refractivity contribution < 1.29 is 24.2 Å².